The van der Waals surface area contributed by atoms with Crippen molar-refractivity contribution in [2.75, 3.05) is 4.72 Å². The van der Waals surface area contributed by atoms with E-state index in [1.165, 1.54) is 0 Å². The third kappa shape index (κ3) is 3.19. The molecular weight excluding hydrogens is 276 g/mol. The number of nitrogens with one attached hydrogen (secondary N) is 1. The molecule has 2 aromatic rings. The molecule has 0 bridgehead atoms. The third-order valence-electron chi connectivity index (χ3n) is 2.79. The molecule has 0 unspecified atom stereocenters. The highest BCUT2D eigenvalue weighted by atomic mass is 32.2. The number of nitrogens with zero attached hydrogens (tertiary/aromatic N) is 1. The molecule has 6 heteroatoms. The van der Waals surface area contributed by atoms with Crippen LogP contribution in [0.3, 0.4) is 0 Å². The van der Waals surface area contributed by atoms with E-state index in [0.29, 0.717) is 5.76 Å². The normalized spacial score (nSPS) is 12.4. The number of hydrogen-bond donors (Lipinski definition) is 1. The van der Waals surface area contributed by atoms with E-state index in [1.807, 2.05) is 33.8 Å². The van der Waals surface area contributed by atoms with Gasteiger partial charge in [-0.1, -0.05) is 38.1 Å². The van der Waals surface area contributed by atoms with Gasteiger partial charge in [-0.15, -0.1) is 0 Å². The van der Waals surface area contributed by atoms with Crippen LogP contribution in [0.5, 0.6) is 0 Å². The zero-order valence-electron chi connectivity index (χ0n) is 12.0. The SMILES string of the molecule is Cc1cccc(S(=O)(=O)Nc2cc(C(C)(C)C)on2)c1. The molecule has 5 nitrogen and oxygen atoms in total. The fraction of sp³-hybridized carbons (Fsp3) is 0.357. The highest BCUT2D eigenvalue weighted by molar-refractivity contribution is 7.92. The molecule has 0 aliphatic heterocycles. The summed E-state index contributed by atoms with van der Waals surface area (Å²) in [7, 11) is -3.64. The Hall–Kier alpha value is -1.82. The molecule has 108 valence electrons. The third-order valence-corrected chi connectivity index (χ3v) is 4.14. The second-order valence-electron chi connectivity index (χ2n) is 5.75. The van der Waals surface area contributed by atoms with Crippen molar-refractivity contribution < 1.29 is 12.9 Å². The van der Waals surface area contributed by atoms with E-state index in [0.717, 1.165) is 5.56 Å². The van der Waals surface area contributed by atoms with E-state index in [4.69, 9.17) is 4.52 Å². The molecule has 2 rings (SSSR count). The zero-order chi connectivity index (χ0) is 15.0. The maximum atomic E-state index is 12.2. The molecule has 1 N–H and O–H groups in total. The van der Waals surface area contributed by atoms with Crippen molar-refractivity contribution >= 4 is 15.8 Å². The Morgan fingerprint density at radius 3 is 2.45 bits per heavy atom. The summed E-state index contributed by atoms with van der Waals surface area (Å²) in [6.07, 6.45) is 0. The van der Waals surface area contributed by atoms with E-state index in [9.17, 15) is 8.42 Å². The monoisotopic (exact) mass is 294 g/mol. The van der Waals surface area contributed by atoms with Gasteiger partial charge in [0.05, 0.1) is 4.90 Å². The van der Waals surface area contributed by atoms with Crippen LogP contribution in [-0.2, 0) is 15.4 Å². The molecule has 0 spiro atoms. The number of hydrogen-bond acceptors (Lipinski definition) is 4. The zero-order valence-corrected chi connectivity index (χ0v) is 12.8. The van der Waals surface area contributed by atoms with Crippen molar-refractivity contribution in [3.05, 3.63) is 41.7 Å². The van der Waals surface area contributed by atoms with Gasteiger partial charge in [-0.25, -0.2) is 8.42 Å². The number of anilines is 1. The van der Waals surface area contributed by atoms with Crippen molar-refractivity contribution in [2.24, 2.45) is 0 Å². The van der Waals surface area contributed by atoms with Gasteiger partial charge in [0.25, 0.3) is 10.0 Å². The summed E-state index contributed by atoms with van der Waals surface area (Å²) in [5, 5.41) is 3.75. The van der Waals surface area contributed by atoms with Gasteiger partial charge in [0.1, 0.15) is 5.76 Å². The largest absolute Gasteiger partial charge is 0.359 e. The van der Waals surface area contributed by atoms with Gasteiger partial charge in [-0.05, 0) is 24.6 Å². The van der Waals surface area contributed by atoms with Gasteiger partial charge < -0.3 is 4.52 Å². The highest BCUT2D eigenvalue weighted by Crippen LogP contribution is 2.25. The van der Waals surface area contributed by atoms with Gasteiger partial charge in [0.15, 0.2) is 5.82 Å². The molecule has 0 aliphatic carbocycles. The topological polar surface area (TPSA) is 72.2 Å². The molecule has 1 aromatic carbocycles. The molecule has 0 amide bonds. The first-order chi connectivity index (χ1) is 9.18. The first-order valence-corrected chi connectivity index (χ1v) is 7.73. The predicted octanol–water partition coefficient (Wildman–Crippen LogP) is 3.08. The number of benzene rings is 1. The number of aryl methyl sites for hydroxylation is 1. The minimum atomic E-state index is -3.64. The predicted molar refractivity (Wildman–Crippen MR) is 77.2 cm³/mol. The van der Waals surface area contributed by atoms with E-state index in [1.54, 1.807) is 24.3 Å². The fourth-order valence-corrected chi connectivity index (χ4v) is 2.74. The summed E-state index contributed by atoms with van der Waals surface area (Å²) in [5.74, 6) is 0.816. The van der Waals surface area contributed by atoms with Crippen LogP contribution in [0.4, 0.5) is 5.82 Å². The molecule has 0 fully saturated rings. The Labute approximate surface area is 119 Å². The van der Waals surface area contributed by atoms with Crippen molar-refractivity contribution in [1.29, 1.82) is 0 Å². The summed E-state index contributed by atoms with van der Waals surface area (Å²) in [5.41, 5.74) is 0.656. The minimum Gasteiger partial charge on any atom is -0.359 e. The van der Waals surface area contributed by atoms with Gasteiger partial charge in [-0.3, -0.25) is 4.72 Å². The molecule has 1 aromatic heterocycles. The van der Waals surface area contributed by atoms with Crippen LogP contribution in [0.25, 0.3) is 0 Å². The molecular formula is C14H18N2O3S. The first kappa shape index (κ1) is 14.6. The van der Waals surface area contributed by atoms with Gasteiger partial charge >= 0.3 is 0 Å². The van der Waals surface area contributed by atoms with Crippen LogP contribution in [0, 0.1) is 6.92 Å². The van der Waals surface area contributed by atoms with Crippen LogP contribution in [0.2, 0.25) is 0 Å². The molecule has 0 saturated heterocycles. The Morgan fingerprint density at radius 1 is 1.20 bits per heavy atom. The highest BCUT2D eigenvalue weighted by Gasteiger charge is 2.22. The van der Waals surface area contributed by atoms with Crippen LogP contribution in [0.15, 0.2) is 39.8 Å². The molecule has 0 atom stereocenters. The maximum Gasteiger partial charge on any atom is 0.263 e. The minimum absolute atomic E-state index is 0.191. The standard InChI is InChI=1S/C14H18N2O3S/c1-10-6-5-7-11(8-10)20(17,18)16-13-9-12(19-15-13)14(2,3)4/h5-9H,1-4H3,(H,15,16). The van der Waals surface area contributed by atoms with Crippen LogP contribution in [0.1, 0.15) is 32.1 Å². The average Bonchev–Trinajstić information content (AvgIpc) is 2.76. The maximum absolute atomic E-state index is 12.2. The lowest BCUT2D eigenvalue weighted by atomic mass is 9.93. The molecule has 20 heavy (non-hydrogen) atoms. The van der Waals surface area contributed by atoms with E-state index < -0.39 is 10.0 Å². The number of aromatic nitrogens is 1. The lowest BCUT2D eigenvalue weighted by Gasteiger charge is -2.12. The first-order valence-electron chi connectivity index (χ1n) is 6.25. The molecule has 0 aliphatic rings. The number of sulfonamides is 1. The summed E-state index contributed by atoms with van der Waals surface area (Å²) in [4.78, 5) is 0.206. The molecule has 0 saturated carbocycles. The Balaban J connectivity index is 2.27. The summed E-state index contributed by atoms with van der Waals surface area (Å²) in [6.45, 7) is 7.73. The molecule has 1 heterocycles. The average molecular weight is 294 g/mol. The van der Waals surface area contributed by atoms with Gasteiger partial charge in [-0.2, -0.15) is 0 Å². The lowest BCUT2D eigenvalue weighted by molar-refractivity contribution is 0.331. The summed E-state index contributed by atoms with van der Waals surface area (Å²) in [6, 6.07) is 8.29. The van der Waals surface area contributed by atoms with Crippen LogP contribution >= 0.6 is 0 Å². The van der Waals surface area contributed by atoms with E-state index in [-0.39, 0.29) is 16.1 Å². The van der Waals surface area contributed by atoms with Gasteiger partial charge in [0, 0.05) is 11.5 Å². The fourth-order valence-electron chi connectivity index (χ4n) is 1.66. The Kier molecular flexibility index (Phi) is 3.60. The van der Waals surface area contributed by atoms with Crippen LogP contribution in [-0.4, -0.2) is 13.6 Å². The van der Waals surface area contributed by atoms with Gasteiger partial charge in [0.2, 0.25) is 0 Å². The molecule has 0 radical (unpaired) electrons. The number of rotatable bonds is 3. The Bertz CT molecular complexity index is 712. The summed E-state index contributed by atoms with van der Waals surface area (Å²) < 4.78 is 32.0. The Morgan fingerprint density at radius 2 is 1.90 bits per heavy atom. The van der Waals surface area contributed by atoms with Crippen LogP contribution < -0.4 is 4.72 Å². The van der Waals surface area contributed by atoms with Crippen molar-refractivity contribution in [2.45, 2.75) is 38.0 Å². The van der Waals surface area contributed by atoms with E-state index in [2.05, 4.69) is 9.88 Å². The van der Waals surface area contributed by atoms with Crippen molar-refractivity contribution in [1.82, 2.24) is 5.16 Å². The van der Waals surface area contributed by atoms with Crippen molar-refractivity contribution in [3.8, 4) is 0 Å². The second-order valence-corrected chi connectivity index (χ2v) is 7.43. The quantitative estimate of drug-likeness (QED) is 0.944. The lowest BCUT2D eigenvalue weighted by Crippen LogP contribution is -2.13. The smallest absolute Gasteiger partial charge is 0.263 e. The summed E-state index contributed by atoms with van der Waals surface area (Å²) >= 11 is 0. The second kappa shape index (κ2) is 4.94. The van der Waals surface area contributed by atoms with E-state index >= 15 is 0 Å². The van der Waals surface area contributed by atoms with Crippen molar-refractivity contribution in [3.63, 3.8) is 0 Å².